The normalized spacial score (nSPS) is 14.6. The van der Waals surface area contributed by atoms with Gasteiger partial charge in [0, 0.05) is 34.0 Å². The highest BCUT2D eigenvalue weighted by Gasteiger charge is 2.44. The van der Waals surface area contributed by atoms with Crippen molar-refractivity contribution in [2.45, 2.75) is 37.4 Å². The number of carboxylic acids is 1. The van der Waals surface area contributed by atoms with E-state index in [0.29, 0.717) is 17.0 Å². The Morgan fingerprint density at radius 1 is 1.07 bits per heavy atom. The zero-order valence-electron chi connectivity index (χ0n) is 24.3. The number of amides is 1. The van der Waals surface area contributed by atoms with Crippen LogP contribution in [-0.4, -0.2) is 46.9 Å². The van der Waals surface area contributed by atoms with E-state index in [-0.39, 0.29) is 23.0 Å². The Hall–Kier alpha value is -3.65. The second kappa shape index (κ2) is 13.8. The quantitative estimate of drug-likeness (QED) is 0.152. The van der Waals surface area contributed by atoms with Gasteiger partial charge in [-0.15, -0.1) is 0 Å². The van der Waals surface area contributed by atoms with E-state index < -0.39 is 5.97 Å². The van der Waals surface area contributed by atoms with E-state index in [1.165, 1.54) is 17.7 Å². The van der Waals surface area contributed by atoms with E-state index in [4.69, 9.17) is 21.4 Å². The lowest BCUT2D eigenvalue weighted by Gasteiger charge is -2.22. The van der Waals surface area contributed by atoms with E-state index in [1.807, 2.05) is 72.4 Å². The third kappa shape index (κ3) is 8.05. The number of hydrogen-bond acceptors (Lipinski definition) is 5. The number of halogens is 1. The van der Waals surface area contributed by atoms with Gasteiger partial charge in [-0.3, -0.25) is 14.4 Å². The summed E-state index contributed by atoms with van der Waals surface area (Å²) in [6.07, 6.45) is 7.67. The van der Waals surface area contributed by atoms with Gasteiger partial charge in [0.25, 0.3) is 5.91 Å². The molecule has 1 atom stereocenters. The average Bonchev–Trinajstić information content (AvgIpc) is 3.77. The number of carbonyl (C=O) groups excluding carboxylic acids is 1. The maximum absolute atomic E-state index is 12.9. The van der Waals surface area contributed by atoms with Crippen LogP contribution < -0.4 is 0 Å². The fraction of sp³-hybridized carbons (Fsp3) is 0.286. The molecule has 5 rings (SSSR count). The monoisotopic (exact) mass is 614 g/mol. The molecule has 0 spiro atoms. The van der Waals surface area contributed by atoms with Gasteiger partial charge in [0.15, 0.2) is 0 Å². The first-order chi connectivity index (χ1) is 20.7. The summed E-state index contributed by atoms with van der Waals surface area (Å²) in [5.41, 5.74) is 5.40. The molecule has 222 valence electrons. The fourth-order valence-electron chi connectivity index (χ4n) is 5.22. The summed E-state index contributed by atoms with van der Waals surface area (Å²) >= 11 is 7.99. The minimum Gasteiger partial charge on any atom is -0.481 e. The number of rotatable bonds is 13. The SMILES string of the molecule is CON(C)C(=O)c1ccccc1CCC(SCC1(CC(=O)O)CC1)c1cccc(/C=C/c2ccc3ccc(Cl)cc3n2)c1. The Bertz CT molecular complexity index is 1650. The molecule has 0 aliphatic heterocycles. The third-order valence-corrected chi connectivity index (χ3v) is 9.89. The maximum atomic E-state index is 12.9. The molecule has 1 aliphatic rings. The summed E-state index contributed by atoms with van der Waals surface area (Å²) in [5.74, 6) is -0.126. The molecule has 8 heteroatoms. The van der Waals surface area contributed by atoms with Crippen LogP contribution in [0.1, 0.15) is 63.7 Å². The minimum absolute atomic E-state index is 0.119. The van der Waals surface area contributed by atoms with Crippen LogP contribution in [0.5, 0.6) is 0 Å². The third-order valence-electron chi connectivity index (χ3n) is 7.96. The molecule has 4 aromatic rings. The molecule has 1 amide bonds. The van der Waals surface area contributed by atoms with Crippen LogP contribution in [0.2, 0.25) is 5.02 Å². The molecule has 0 saturated heterocycles. The fourth-order valence-corrected chi connectivity index (χ4v) is 6.96. The number of nitrogens with zero attached hydrogens (tertiary/aromatic N) is 2. The summed E-state index contributed by atoms with van der Waals surface area (Å²) in [4.78, 5) is 34.3. The van der Waals surface area contributed by atoms with Crippen molar-refractivity contribution in [2.24, 2.45) is 5.41 Å². The number of fused-ring (bicyclic) bond motifs is 1. The van der Waals surface area contributed by atoms with Crippen molar-refractivity contribution >= 4 is 58.3 Å². The molecule has 1 fully saturated rings. The first-order valence-electron chi connectivity index (χ1n) is 14.3. The Morgan fingerprint density at radius 2 is 1.86 bits per heavy atom. The van der Waals surface area contributed by atoms with Crippen LogP contribution in [-0.2, 0) is 16.1 Å². The highest BCUT2D eigenvalue weighted by molar-refractivity contribution is 7.99. The number of benzene rings is 3. The number of pyridine rings is 1. The number of hydrogen-bond donors (Lipinski definition) is 1. The largest absolute Gasteiger partial charge is 0.481 e. The molecule has 1 unspecified atom stereocenters. The van der Waals surface area contributed by atoms with Gasteiger partial charge >= 0.3 is 5.97 Å². The number of aliphatic carboxylic acids is 1. The molecular formula is C35H35ClN2O4S. The topological polar surface area (TPSA) is 79.7 Å². The molecule has 1 aromatic heterocycles. The van der Waals surface area contributed by atoms with Crippen LogP contribution in [0.3, 0.4) is 0 Å². The predicted octanol–water partition coefficient (Wildman–Crippen LogP) is 8.35. The van der Waals surface area contributed by atoms with Crippen LogP contribution in [0, 0.1) is 5.41 Å². The van der Waals surface area contributed by atoms with Gasteiger partial charge in [-0.25, -0.2) is 10.0 Å². The van der Waals surface area contributed by atoms with Gasteiger partial charge in [-0.2, -0.15) is 11.8 Å². The van der Waals surface area contributed by atoms with Gasteiger partial charge in [-0.1, -0.05) is 72.3 Å². The summed E-state index contributed by atoms with van der Waals surface area (Å²) in [6, 6.07) is 25.8. The van der Waals surface area contributed by atoms with Crippen LogP contribution >= 0.6 is 23.4 Å². The average molecular weight is 615 g/mol. The van der Waals surface area contributed by atoms with Crippen molar-refractivity contribution in [3.63, 3.8) is 0 Å². The van der Waals surface area contributed by atoms with Gasteiger partial charge < -0.3 is 5.11 Å². The Morgan fingerprint density at radius 3 is 2.63 bits per heavy atom. The Kier molecular flexibility index (Phi) is 9.86. The van der Waals surface area contributed by atoms with Crippen molar-refractivity contribution in [3.05, 3.63) is 112 Å². The summed E-state index contributed by atoms with van der Waals surface area (Å²) < 4.78 is 0. The van der Waals surface area contributed by atoms with Crippen molar-refractivity contribution in [1.29, 1.82) is 0 Å². The molecule has 43 heavy (non-hydrogen) atoms. The number of aryl methyl sites for hydroxylation is 1. The van der Waals surface area contributed by atoms with E-state index in [1.54, 1.807) is 7.05 Å². The second-order valence-electron chi connectivity index (χ2n) is 11.1. The molecule has 6 nitrogen and oxygen atoms in total. The van der Waals surface area contributed by atoms with Crippen molar-refractivity contribution < 1.29 is 19.5 Å². The maximum Gasteiger partial charge on any atom is 0.303 e. The molecule has 0 bridgehead atoms. The molecule has 1 aliphatic carbocycles. The summed E-state index contributed by atoms with van der Waals surface area (Å²) in [7, 11) is 3.09. The standard InChI is InChI=1S/C35H35ClN2O4S/c1-38(42-2)34(41)30-9-4-3-7-25(30)13-17-32(43-23-35(18-19-35)22-33(39)40)27-8-5-6-24(20-27)10-15-29-16-12-26-11-14-28(36)21-31(26)37-29/h3-12,14-16,20-21,32H,13,17-19,22-23H2,1-2H3,(H,39,40)/b15-10+. The zero-order valence-corrected chi connectivity index (χ0v) is 25.9. The lowest BCUT2D eigenvalue weighted by molar-refractivity contribution is -0.138. The first-order valence-corrected chi connectivity index (χ1v) is 15.8. The summed E-state index contributed by atoms with van der Waals surface area (Å²) in [6.45, 7) is 0. The number of thioether (sulfide) groups is 1. The minimum atomic E-state index is -0.735. The Labute approximate surface area is 261 Å². The smallest absolute Gasteiger partial charge is 0.303 e. The highest BCUT2D eigenvalue weighted by atomic mass is 35.5. The lowest BCUT2D eigenvalue weighted by Crippen LogP contribution is -2.26. The lowest BCUT2D eigenvalue weighted by atomic mass is 9.98. The first kappa shape index (κ1) is 30.8. The highest BCUT2D eigenvalue weighted by Crippen LogP contribution is 2.53. The van der Waals surface area contributed by atoms with E-state index in [2.05, 4.69) is 30.3 Å². The number of carbonyl (C=O) groups is 2. The van der Waals surface area contributed by atoms with E-state index >= 15 is 0 Å². The molecule has 3 aromatic carbocycles. The van der Waals surface area contributed by atoms with Crippen molar-refractivity contribution in [1.82, 2.24) is 10.0 Å². The predicted molar refractivity (Wildman–Crippen MR) is 175 cm³/mol. The molecular weight excluding hydrogens is 580 g/mol. The van der Waals surface area contributed by atoms with Crippen LogP contribution in [0.15, 0.2) is 78.9 Å². The number of aromatic nitrogens is 1. The Balaban J connectivity index is 1.37. The summed E-state index contributed by atoms with van der Waals surface area (Å²) in [5, 5.41) is 12.5. The van der Waals surface area contributed by atoms with E-state index in [0.717, 1.165) is 52.7 Å². The zero-order chi connectivity index (χ0) is 30.4. The molecule has 0 radical (unpaired) electrons. The second-order valence-corrected chi connectivity index (χ2v) is 12.8. The van der Waals surface area contributed by atoms with Crippen LogP contribution in [0.25, 0.3) is 23.1 Å². The van der Waals surface area contributed by atoms with E-state index in [9.17, 15) is 14.7 Å². The molecule has 1 N–H and O–H groups in total. The van der Waals surface area contributed by atoms with Gasteiger partial charge in [0.1, 0.15) is 0 Å². The van der Waals surface area contributed by atoms with Gasteiger partial charge in [-0.05, 0) is 78.1 Å². The van der Waals surface area contributed by atoms with Gasteiger partial charge in [0.2, 0.25) is 0 Å². The number of carboxylic acid groups (broad SMARTS) is 1. The van der Waals surface area contributed by atoms with Gasteiger partial charge in [0.05, 0.1) is 24.7 Å². The molecule has 1 heterocycles. The molecule has 1 saturated carbocycles. The van der Waals surface area contributed by atoms with Crippen molar-refractivity contribution in [3.8, 4) is 0 Å². The van der Waals surface area contributed by atoms with Crippen LogP contribution in [0.4, 0.5) is 0 Å². The van der Waals surface area contributed by atoms with Crippen molar-refractivity contribution in [2.75, 3.05) is 19.9 Å². The number of hydroxylamine groups is 2.